The first-order valence-electron chi connectivity index (χ1n) is 5.45. The lowest BCUT2D eigenvalue weighted by atomic mass is 10.1. The minimum Gasteiger partial charge on any atom is -0.381 e. The van der Waals surface area contributed by atoms with Gasteiger partial charge in [0.15, 0.2) is 0 Å². The second-order valence-electron chi connectivity index (χ2n) is 4.30. The van der Waals surface area contributed by atoms with Crippen LogP contribution in [0.2, 0.25) is 0 Å². The van der Waals surface area contributed by atoms with Gasteiger partial charge in [0, 0.05) is 22.2 Å². The van der Waals surface area contributed by atoms with Crippen LogP contribution in [0.25, 0.3) is 0 Å². The van der Waals surface area contributed by atoms with Crippen molar-refractivity contribution < 1.29 is 0 Å². The number of nitrogens with two attached hydrogens (primary N) is 1. The van der Waals surface area contributed by atoms with E-state index in [1.165, 1.54) is 24.1 Å². The first-order chi connectivity index (χ1) is 7.16. The van der Waals surface area contributed by atoms with Crippen LogP contribution in [0.3, 0.4) is 0 Å². The van der Waals surface area contributed by atoms with Gasteiger partial charge < -0.3 is 11.1 Å². The van der Waals surface area contributed by atoms with Crippen molar-refractivity contribution in [2.24, 2.45) is 5.73 Å². The third-order valence-corrected chi connectivity index (χ3v) is 3.59. The molecule has 1 aliphatic rings. The van der Waals surface area contributed by atoms with Crippen molar-refractivity contribution in [2.75, 3.05) is 5.32 Å². The van der Waals surface area contributed by atoms with Crippen LogP contribution in [0, 0.1) is 6.92 Å². The lowest BCUT2D eigenvalue weighted by Gasteiger charge is -2.20. The molecular weight excluding hydrogens is 252 g/mol. The van der Waals surface area contributed by atoms with Gasteiger partial charge in [0.25, 0.3) is 0 Å². The highest BCUT2D eigenvalue weighted by atomic mass is 79.9. The largest absolute Gasteiger partial charge is 0.381 e. The second kappa shape index (κ2) is 4.54. The molecular formula is C12H17BrN2. The summed E-state index contributed by atoms with van der Waals surface area (Å²) < 4.78 is 1.13. The topological polar surface area (TPSA) is 38.0 Å². The molecule has 2 unspecified atom stereocenters. The number of benzene rings is 1. The lowest BCUT2D eigenvalue weighted by molar-refractivity contribution is 0.637. The molecule has 0 heterocycles. The van der Waals surface area contributed by atoms with Gasteiger partial charge in [-0.2, -0.15) is 0 Å². The molecule has 0 amide bonds. The van der Waals surface area contributed by atoms with Gasteiger partial charge in [-0.05, 0) is 49.9 Å². The molecule has 3 N–H and O–H groups in total. The van der Waals surface area contributed by atoms with Gasteiger partial charge in [-0.1, -0.05) is 15.9 Å². The molecule has 15 heavy (non-hydrogen) atoms. The van der Waals surface area contributed by atoms with E-state index >= 15 is 0 Å². The minimum absolute atomic E-state index is 0.313. The fourth-order valence-electron chi connectivity index (χ4n) is 2.16. The van der Waals surface area contributed by atoms with E-state index in [4.69, 9.17) is 5.73 Å². The highest BCUT2D eigenvalue weighted by Gasteiger charge is 2.23. The van der Waals surface area contributed by atoms with Crippen molar-refractivity contribution in [3.05, 3.63) is 28.2 Å². The molecule has 0 saturated heterocycles. The molecule has 0 aromatic heterocycles. The van der Waals surface area contributed by atoms with Crippen LogP contribution in [0.15, 0.2) is 22.7 Å². The predicted molar refractivity (Wildman–Crippen MR) is 68.1 cm³/mol. The van der Waals surface area contributed by atoms with Crippen molar-refractivity contribution in [2.45, 2.75) is 38.3 Å². The maximum Gasteiger partial charge on any atom is 0.0412 e. The Morgan fingerprint density at radius 1 is 1.40 bits per heavy atom. The van der Waals surface area contributed by atoms with Crippen LogP contribution in [-0.2, 0) is 0 Å². The highest BCUT2D eigenvalue weighted by Crippen LogP contribution is 2.25. The highest BCUT2D eigenvalue weighted by molar-refractivity contribution is 9.10. The maximum atomic E-state index is 6.04. The number of halogens is 1. The van der Waals surface area contributed by atoms with E-state index in [0.717, 1.165) is 10.9 Å². The molecule has 0 spiro atoms. The zero-order valence-electron chi connectivity index (χ0n) is 8.96. The molecule has 1 aromatic carbocycles. The summed E-state index contributed by atoms with van der Waals surface area (Å²) in [6.07, 6.45) is 3.58. The predicted octanol–water partition coefficient (Wildman–Crippen LogP) is 3.05. The quantitative estimate of drug-likeness (QED) is 0.866. The molecule has 82 valence electrons. The third kappa shape index (κ3) is 2.52. The molecule has 1 aliphatic carbocycles. The van der Waals surface area contributed by atoms with Crippen LogP contribution in [-0.4, -0.2) is 12.1 Å². The van der Waals surface area contributed by atoms with E-state index in [9.17, 15) is 0 Å². The first-order valence-corrected chi connectivity index (χ1v) is 6.24. The second-order valence-corrected chi connectivity index (χ2v) is 5.22. The van der Waals surface area contributed by atoms with E-state index in [0.29, 0.717) is 12.1 Å². The number of hydrogen-bond acceptors (Lipinski definition) is 2. The number of rotatable bonds is 2. The van der Waals surface area contributed by atoms with Gasteiger partial charge in [-0.15, -0.1) is 0 Å². The van der Waals surface area contributed by atoms with E-state index in [1.54, 1.807) is 0 Å². The zero-order valence-corrected chi connectivity index (χ0v) is 10.5. The number of hydrogen-bond donors (Lipinski definition) is 2. The summed E-state index contributed by atoms with van der Waals surface area (Å²) >= 11 is 3.47. The average Bonchev–Trinajstić information content (AvgIpc) is 2.57. The number of anilines is 1. The fraction of sp³-hybridized carbons (Fsp3) is 0.500. The van der Waals surface area contributed by atoms with E-state index in [1.807, 2.05) is 0 Å². The van der Waals surface area contributed by atoms with Crippen molar-refractivity contribution in [3.63, 3.8) is 0 Å². The fourth-order valence-corrected chi connectivity index (χ4v) is 2.63. The van der Waals surface area contributed by atoms with E-state index in [2.05, 4.69) is 46.4 Å². The van der Waals surface area contributed by atoms with Gasteiger partial charge >= 0.3 is 0 Å². The normalized spacial score (nSPS) is 25.5. The smallest absolute Gasteiger partial charge is 0.0412 e. The Morgan fingerprint density at radius 2 is 2.20 bits per heavy atom. The molecule has 0 aliphatic heterocycles. The molecule has 1 aromatic rings. The first kappa shape index (κ1) is 11.0. The van der Waals surface area contributed by atoms with Crippen molar-refractivity contribution in [3.8, 4) is 0 Å². The minimum atomic E-state index is 0.313. The molecule has 0 bridgehead atoms. The number of aryl methyl sites for hydroxylation is 1. The number of nitrogens with one attached hydrogen (secondary N) is 1. The molecule has 2 nitrogen and oxygen atoms in total. The van der Waals surface area contributed by atoms with Crippen molar-refractivity contribution in [1.82, 2.24) is 0 Å². The zero-order chi connectivity index (χ0) is 10.8. The molecule has 2 atom stereocenters. The standard InChI is InChI=1S/C12H17BrN2/c1-8-7-9(13)5-6-11(8)15-12-4-2-3-10(12)14/h5-7,10,12,15H,2-4,14H2,1H3. The molecule has 3 heteroatoms. The van der Waals surface area contributed by atoms with Crippen LogP contribution in [0.5, 0.6) is 0 Å². The summed E-state index contributed by atoms with van der Waals surface area (Å²) in [7, 11) is 0. The Balaban J connectivity index is 2.10. The Hall–Kier alpha value is -0.540. The van der Waals surface area contributed by atoms with Crippen molar-refractivity contribution >= 4 is 21.6 Å². The Labute approximate surface area is 99.4 Å². The van der Waals surface area contributed by atoms with Gasteiger partial charge in [-0.3, -0.25) is 0 Å². The van der Waals surface area contributed by atoms with Gasteiger partial charge in [0.05, 0.1) is 0 Å². The molecule has 1 fully saturated rings. The Bertz CT molecular complexity index is 351. The van der Waals surface area contributed by atoms with Gasteiger partial charge in [0.2, 0.25) is 0 Å². The summed E-state index contributed by atoms with van der Waals surface area (Å²) in [6.45, 7) is 2.12. The molecule has 0 radical (unpaired) electrons. The van der Waals surface area contributed by atoms with Crippen molar-refractivity contribution in [1.29, 1.82) is 0 Å². The third-order valence-electron chi connectivity index (χ3n) is 3.10. The SMILES string of the molecule is Cc1cc(Br)ccc1NC1CCCC1N. The van der Waals surface area contributed by atoms with E-state index in [-0.39, 0.29) is 0 Å². The van der Waals surface area contributed by atoms with Crippen LogP contribution < -0.4 is 11.1 Å². The van der Waals surface area contributed by atoms with Crippen LogP contribution in [0.1, 0.15) is 24.8 Å². The molecule has 1 saturated carbocycles. The summed E-state index contributed by atoms with van der Waals surface area (Å²) in [5, 5.41) is 3.54. The van der Waals surface area contributed by atoms with E-state index < -0.39 is 0 Å². The average molecular weight is 269 g/mol. The summed E-state index contributed by atoms with van der Waals surface area (Å²) in [5.74, 6) is 0. The summed E-state index contributed by atoms with van der Waals surface area (Å²) in [6, 6.07) is 7.07. The Kier molecular flexibility index (Phi) is 3.32. The Morgan fingerprint density at radius 3 is 2.80 bits per heavy atom. The lowest BCUT2D eigenvalue weighted by Crippen LogP contribution is -2.35. The summed E-state index contributed by atoms with van der Waals surface area (Å²) in [5.41, 5.74) is 8.51. The van der Waals surface area contributed by atoms with Crippen LogP contribution >= 0.6 is 15.9 Å². The van der Waals surface area contributed by atoms with Gasteiger partial charge in [-0.25, -0.2) is 0 Å². The van der Waals surface area contributed by atoms with Crippen LogP contribution in [0.4, 0.5) is 5.69 Å². The monoisotopic (exact) mass is 268 g/mol. The maximum absolute atomic E-state index is 6.04. The van der Waals surface area contributed by atoms with Gasteiger partial charge in [0.1, 0.15) is 0 Å². The summed E-state index contributed by atoms with van der Waals surface area (Å²) in [4.78, 5) is 0. The molecule has 2 rings (SSSR count).